The van der Waals surface area contributed by atoms with Crippen LogP contribution in [-0.4, -0.2) is 15.5 Å². The fourth-order valence-corrected chi connectivity index (χ4v) is 2.01. The molecule has 1 rings (SSSR count). The maximum Gasteiger partial charge on any atom is 0.239 e. The van der Waals surface area contributed by atoms with Crippen LogP contribution >= 0.6 is 10.7 Å². The van der Waals surface area contributed by atoms with Crippen LogP contribution in [0.1, 0.15) is 17.7 Å². The zero-order chi connectivity index (χ0) is 11.6. The lowest BCUT2D eigenvalue weighted by Crippen LogP contribution is -2.07. The van der Waals surface area contributed by atoms with Gasteiger partial charge >= 0.3 is 0 Å². The van der Waals surface area contributed by atoms with Crippen molar-refractivity contribution >= 4 is 19.7 Å². The van der Waals surface area contributed by atoms with Crippen LogP contribution in [0.2, 0.25) is 0 Å². The molecule has 0 aromatic heterocycles. The topological polar surface area (TPSA) is 43.4 Å². The molecule has 1 atom stereocenters. The molecule has 15 heavy (non-hydrogen) atoms. The molecule has 0 aliphatic rings. The third-order valence-electron chi connectivity index (χ3n) is 2.06. The highest BCUT2D eigenvalue weighted by molar-refractivity contribution is 8.13. The number of ether oxygens (including phenoxy) is 1. The Morgan fingerprint density at radius 2 is 2.07 bits per heavy atom. The summed E-state index contributed by atoms with van der Waals surface area (Å²) in [5, 5.41) is -1.14. The van der Waals surface area contributed by atoms with Crippen molar-refractivity contribution in [2.75, 3.05) is 7.11 Å². The van der Waals surface area contributed by atoms with Gasteiger partial charge < -0.3 is 4.74 Å². The summed E-state index contributed by atoms with van der Waals surface area (Å²) in [6.07, 6.45) is 0. The molecular formula is C9H10ClFO3S. The quantitative estimate of drug-likeness (QED) is 0.776. The Kier molecular flexibility index (Phi) is 3.57. The van der Waals surface area contributed by atoms with Crippen LogP contribution < -0.4 is 4.74 Å². The molecule has 0 saturated heterocycles. The van der Waals surface area contributed by atoms with Gasteiger partial charge in [-0.3, -0.25) is 0 Å². The number of hydrogen-bond donors (Lipinski definition) is 0. The molecule has 0 radical (unpaired) electrons. The zero-order valence-corrected chi connectivity index (χ0v) is 9.77. The lowest BCUT2D eigenvalue weighted by molar-refractivity contribution is 0.404. The molecule has 0 amide bonds. The van der Waals surface area contributed by atoms with E-state index in [1.165, 1.54) is 26.2 Å². The molecule has 1 aromatic rings. The first-order valence-electron chi connectivity index (χ1n) is 4.13. The van der Waals surface area contributed by atoms with Gasteiger partial charge in [-0.1, -0.05) is 6.07 Å². The molecule has 1 aromatic carbocycles. The van der Waals surface area contributed by atoms with Gasteiger partial charge in [-0.25, -0.2) is 12.8 Å². The highest BCUT2D eigenvalue weighted by Gasteiger charge is 2.26. The number of benzene rings is 1. The zero-order valence-electron chi connectivity index (χ0n) is 8.20. The van der Waals surface area contributed by atoms with E-state index >= 15 is 0 Å². The Balaban J connectivity index is 3.36. The molecule has 84 valence electrons. The van der Waals surface area contributed by atoms with Gasteiger partial charge in [0.25, 0.3) is 0 Å². The average molecular weight is 253 g/mol. The van der Waals surface area contributed by atoms with Crippen LogP contribution in [0.25, 0.3) is 0 Å². The van der Waals surface area contributed by atoms with Gasteiger partial charge in [-0.15, -0.1) is 0 Å². The number of rotatable bonds is 3. The fraction of sp³-hybridized carbons (Fsp3) is 0.333. The van der Waals surface area contributed by atoms with Crippen LogP contribution in [0.5, 0.6) is 5.75 Å². The Labute approximate surface area is 92.2 Å². The standard InChI is InChI=1S/C9H10ClFO3S/c1-6(15(10,12)13)9-7(11)4-3-5-8(9)14-2/h3-6H,1-2H3. The Morgan fingerprint density at radius 3 is 2.53 bits per heavy atom. The van der Waals surface area contributed by atoms with E-state index in [1.54, 1.807) is 0 Å². The second-order valence-corrected chi connectivity index (χ2v) is 5.92. The minimum atomic E-state index is -3.86. The van der Waals surface area contributed by atoms with Crippen molar-refractivity contribution in [3.63, 3.8) is 0 Å². The first-order chi connectivity index (χ1) is 6.88. The minimum absolute atomic E-state index is 0.0463. The van der Waals surface area contributed by atoms with Crippen molar-refractivity contribution < 1.29 is 17.5 Å². The summed E-state index contributed by atoms with van der Waals surface area (Å²) in [7, 11) is 2.65. The van der Waals surface area contributed by atoms with Crippen molar-refractivity contribution in [2.24, 2.45) is 0 Å². The molecule has 0 spiro atoms. The summed E-state index contributed by atoms with van der Waals surface area (Å²) in [6, 6.07) is 4.08. The highest BCUT2D eigenvalue weighted by Crippen LogP contribution is 2.34. The Hall–Kier alpha value is -0.810. The molecule has 0 N–H and O–H groups in total. The molecule has 0 aliphatic heterocycles. The van der Waals surface area contributed by atoms with Crippen molar-refractivity contribution in [2.45, 2.75) is 12.2 Å². The summed E-state index contributed by atoms with van der Waals surface area (Å²) in [4.78, 5) is 0. The molecule has 1 unspecified atom stereocenters. The van der Waals surface area contributed by atoms with Gasteiger partial charge in [-0.05, 0) is 19.1 Å². The third kappa shape index (κ3) is 2.60. The first-order valence-corrected chi connectivity index (χ1v) is 6.51. The summed E-state index contributed by atoms with van der Waals surface area (Å²) >= 11 is 0. The fourth-order valence-electron chi connectivity index (χ4n) is 1.23. The summed E-state index contributed by atoms with van der Waals surface area (Å²) in [6.45, 7) is 1.31. The van der Waals surface area contributed by atoms with Crippen molar-refractivity contribution in [3.8, 4) is 5.75 Å². The van der Waals surface area contributed by atoms with Crippen molar-refractivity contribution in [1.29, 1.82) is 0 Å². The Bertz CT molecular complexity index is 458. The monoisotopic (exact) mass is 252 g/mol. The normalized spacial score (nSPS) is 13.6. The van der Waals surface area contributed by atoms with Gasteiger partial charge in [0.15, 0.2) is 0 Å². The maximum atomic E-state index is 13.4. The lowest BCUT2D eigenvalue weighted by Gasteiger charge is -2.13. The van der Waals surface area contributed by atoms with Crippen LogP contribution in [0.4, 0.5) is 4.39 Å². The molecule has 0 saturated carbocycles. The second kappa shape index (κ2) is 4.37. The van der Waals surface area contributed by atoms with E-state index in [0.717, 1.165) is 6.07 Å². The van der Waals surface area contributed by atoms with Crippen LogP contribution in [0.3, 0.4) is 0 Å². The number of methoxy groups -OCH3 is 1. The van der Waals surface area contributed by atoms with E-state index in [4.69, 9.17) is 15.4 Å². The molecule has 6 heteroatoms. The summed E-state index contributed by atoms with van der Waals surface area (Å²) < 4.78 is 40.5. The van der Waals surface area contributed by atoms with E-state index in [2.05, 4.69) is 0 Å². The smallest absolute Gasteiger partial charge is 0.239 e. The van der Waals surface area contributed by atoms with Crippen LogP contribution in [-0.2, 0) is 9.05 Å². The summed E-state index contributed by atoms with van der Waals surface area (Å²) in [5.41, 5.74) is -0.0463. The first kappa shape index (κ1) is 12.3. The van der Waals surface area contributed by atoms with Gasteiger partial charge in [0, 0.05) is 16.2 Å². The molecule has 3 nitrogen and oxygen atoms in total. The lowest BCUT2D eigenvalue weighted by atomic mass is 10.1. The largest absolute Gasteiger partial charge is 0.496 e. The van der Waals surface area contributed by atoms with Crippen molar-refractivity contribution in [3.05, 3.63) is 29.6 Å². The van der Waals surface area contributed by atoms with Crippen molar-refractivity contribution in [1.82, 2.24) is 0 Å². The van der Waals surface area contributed by atoms with Crippen LogP contribution in [0, 0.1) is 5.82 Å². The van der Waals surface area contributed by atoms with Gasteiger partial charge in [-0.2, -0.15) is 0 Å². The predicted octanol–water partition coefficient (Wildman–Crippen LogP) is 2.46. The predicted molar refractivity (Wildman–Crippen MR) is 56.1 cm³/mol. The van der Waals surface area contributed by atoms with Crippen LogP contribution in [0.15, 0.2) is 18.2 Å². The number of hydrogen-bond acceptors (Lipinski definition) is 3. The van der Waals surface area contributed by atoms with Gasteiger partial charge in [0.1, 0.15) is 16.8 Å². The minimum Gasteiger partial charge on any atom is -0.496 e. The van der Waals surface area contributed by atoms with Gasteiger partial charge in [0.05, 0.1) is 7.11 Å². The van der Waals surface area contributed by atoms with E-state index < -0.39 is 20.1 Å². The summed E-state index contributed by atoms with van der Waals surface area (Å²) in [5.74, 6) is -0.474. The SMILES string of the molecule is COc1cccc(F)c1C(C)S(=O)(=O)Cl. The van der Waals surface area contributed by atoms with E-state index in [9.17, 15) is 12.8 Å². The highest BCUT2D eigenvalue weighted by atomic mass is 35.7. The molecule has 0 heterocycles. The maximum absolute atomic E-state index is 13.4. The Morgan fingerprint density at radius 1 is 1.47 bits per heavy atom. The molecule has 0 bridgehead atoms. The molecular weight excluding hydrogens is 243 g/mol. The molecule has 0 fully saturated rings. The third-order valence-corrected chi connectivity index (χ3v) is 3.94. The molecule has 0 aliphatic carbocycles. The average Bonchev–Trinajstić information content (AvgIpc) is 2.15. The van der Waals surface area contributed by atoms with Gasteiger partial charge in [0.2, 0.25) is 9.05 Å². The van der Waals surface area contributed by atoms with E-state index in [0.29, 0.717) is 0 Å². The van der Waals surface area contributed by atoms with E-state index in [-0.39, 0.29) is 11.3 Å². The second-order valence-electron chi connectivity index (χ2n) is 2.97. The van der Waals surface area contributed by atoms with E-state index in [1.807, 2.05) is 0 Å². The number of halogens is 2.